The smallest absolute Gasteiger partial charge is 0.238 e. The Morgan fingerprint density at radius 3 is 2.67 bits per heavy atom. The van der Waals surface area contributed by atoms with Crippen LogP contribution in [0.5, 0.6) is 0 Å². The zero-order valence-electron chi connectivity index (χ0n) is 8.14. The minimum Gasteiger partial charge on any atom is -0.264 e. The van der Waals surface area contributed by atoms with Crippen molar-refractivity contribution in [1.29, 1.82) is 0 Å². The van der Waals surface area contributed by atoms with Crippen molar-refractivity contribution in [3.05, 3.63) is 36.2 Å². The molecule has 2 aromatic rings. The topological polar surface area (TPSA) is 73.0 Å². The van der Waals surface area contributed by atoms with Crippen molar-refractivity contribution in [2.24, 2.45) is 5.14 Å². The van der Waals surface area contributed by atoms with Gasteiger partial charge in [-0.25, -0.2) is 13.6 Å². The van der Waals surface area contributed by atoms with Crippen molar-refractivity contribution < 1.29 is 8.42 Å². The van der Waals surface area contributed by atoms with Crippen LogP contribution in [-0.2, 0) is 10.0 Å². The molecule has 78 valence electrons. The Bertz CT molecular complexity index is 615. The molecule has 15 heavy (non-hydrogen) atoms. The number of primary sulfonamides is 1. The van der Waals surface area contributed by atoms with Crippen LogP contribution < -0.4 is 5.14 Å². The van der Waals surface area contributed by atoms with E-state index >= 15 is 0 Å². The van der Waals surface area contributed by atoms with E-state index in [0.29, 0.717) is 5.39 Å². The molecule has 0 aliphatic heterocycles. The maximum absolute atomic E-state index is 11.4. The number of aryl methyl sites for hydroxylation is 1. The minimum absolute atomic E-state index is 0.153. The highest BCUT2D eigenvalue weighted by atomic mass is 32.2. The van der Waals surface area contributed by atoms with Gasteiger partial charge in [0.15, 0.2) is 0 Å². The zero-order valence-corrected chi connectivity index (χ0v) is 8.95. The maximum atomic E-state index is 11.4. The molecule has 0 spiro atoms. The molecular weight excluding hydrogens is 212 g/mol. The van der Waals surface area contributed by atoms with Gasteiger partial charge in [-0.05, 0) is 18.6 Å². The molecule has 0 aliphatic rings. The molecule has 0 fully saturated rings. The molecule has 1 aromatic heterocycles. The summed E-state index contributed by atoms with van der Waals surface area (Å²) in [4.78, 5) is 4.15. The van der Waals surface area contributed by atoms with Crippen LogP contribution in [0.4, 0.5) is 0 Å². The van der Waals surface area contributed by atoms with Crippen molar-refractivity contribution in [2.45, 2.75) is 11.8 Å². The quantitative estimate of drug-likeness (QED) is 0.787. The Morgan fingerprint density at radius 1 is 1.27 bits per heavy atom. The number of fused-ring (bicyclic) bond motifs is 1. The number of pyridine rings is 1. The molecule has 0 saturated heterocycles. The number of sulfonamides is 1. The first-order valence-corrected chi connectivity index (χ1v) is 5.91. The highest BCUT2D eigenvalue weighted by Crippen LogP contribution is 2.24. The molecule has 1 aromatic carbocycles. The molecule has 5 heteroatoms. The number of nitrogens with zero attached hydrogens (tertiary/aromatic N) is 1. The number of hydrogen-bond donors (Lipinski definition) is 1. The lowest BCUT2D eigenvalue weighted by Crippen LogP contribution is -2.12. The Morgan fingerprint density at radius 2 is 2.00 bits per heavy atom. The van der Waals surface area contributed by atoms with Gasteiger partial charge >= 0.3 is 0 Å². The zero-order chi connectivity index (χ0) is 11.1. The standard InChI is InChI=1S/C10H10N2O2S/c1-7-5-12-6-8-3-2-4-9(10(7)8)15(11,13)14/h2-6H,1H3,(H2,11,13,14). The van der Waals surface area contributed by atoms with Crippen molar-refractivity contribution in [1.82, 2.24) is 4.98 Å². The van der Waals surface area contributed by atoms with Crippen LogP contribution in [0.15, 0.2) is 35.5 Å². The fourth-order valence-corrected chi connectivity index (χ4v) is 2.44. The highest BCUT2D eigenvalue weighted by molar-refractivity contribution is 7.89. The Balaban J connectivity index is 2.99. The summed E-state index contributed by atoms with van der Waals surface area (Å²) in [5.41, 5.74) is 0.803. The summed E-state index contributed by atoms with van der Waals surface area (Å²) in [6, 6.07) is 4.97. The van der Waals surface area contributed by atoms with E-state index in [9.17, 15) is 8.42 Å². The number of hydrogen-bond acceptors (Lipinski definition) is 3. The van der Waals surface area contributed by atoms with Gasteiger partial charge in [-0.1, -0.05) is 12.1 Å². The summed E-state index contributed by atoms with van der Waals surface area (Å²) in [5.74, 6) is 0. The summed E-state index contributed by atoms with van der Waals surface area (Å²) in [6.45, 7) is 1.81. The summed E-state index contributed by atoms with van der Waals surface area (Å²) >= 11 is 0. The first-order valence-electron chi connectivity index (χ1n) is 4.36. The van der Waals surface area contributed by atoms with E-state index in [-0.39, 0.29) is 4.90 Å². The van der Waals surface area contributed by atoms with E-state index in [1.165, 1.54) is 6.07 Å². The van der Waals surface area contributed by atoms with Gasteiger partial charge in [0.2, 0.25) is 10.0 Å². The van der Waals surface area contributed by atoms with Crippen molar-refractivity contribution in [2.75, 3.05) is 0 Å². The second kappa shape index (κ2) is 3.29. The fraction of sp³-hybridized carbons (Fsp3) is 0.100. The number of nitrogens with two attached hydrogens (primary N) is 1. The van der Waals surface area contributed by atoms with Gasteiger partial charge in [0, 0.05) is 23.2 Å². The van der Waals surface area contributed by atoms with Crippen molar-refractivity contribution >= 4 is 20.8 Å². The largest absolute Gasteiger partial charge is 0.264 e. The van der Waals surface area contributed by atoms with E-state index in [1.54, 1.807) is 18.5 Å². The Hall–Kier alpha value is -1.46. The Kier molecular flexibility index (Phi) is 2.21. The normalized spacial score (nSPS) is 11.9. The summed E-state index contributed by atoms with van der Waals surface area (Å²) in [5, 5.41) is 6.57. The molecule has 1 heterocycles. The second-order valence-corrected chi connectivity index (χ2v) is 4.89. The summed E-state index contributed by atoms with van der Waals surface area (Å²) in [6.07, 6.45) is 3.24. The first kappa shape index (κ1) is 10.1. The van der Waals surface area contributed by atoms with Crippen LogP contribution in [0, 0.1) is 6.92 Å². The molecule has 2 N–H and O–H groups in total. The fourth-order valence-electron chi connectivity index (χ4n) is 1.61. The lowest BCUT2D eigenvalue weighted by Gasteiger charge is -2.06. The Labute approximate surface area is 87.8 Å². The molecule has 4 nitrogen and oxygen atoms in total. The van der Waals surface area contributed by atoms with Crippen molar-refractivity contribution in [3.8, 4) is 0 Å². The predicted molar refractivity (Wildman–Crippen MR) is 57.9 cm³/mol. The molecule has 0 radical (unpaired) electrons. The molecule has 2 rings (SSSR count). The number of aromatic nitrogens is 1. The molecule has 0 unspecified atom stereocenters. The lowest BCUT2D eigenvalue weighted by molar-refractivity contribution is 0.598. The van der Waals surface area contributed by atoms with Crippen LogP contribution in [0.1, 0.15) is 5.56 Å². The van der Waals surface area contributed by atoms with E-state index in [4.69, 9.17) is 5.14 Å². The third-order valence-electron chi connectivity index (χ3n) is 2.24. The maximum Gasteiger partial charge on any atom is 0.238 e. The number of benzene rings is 1. The first-order chi connectivity index (χ1) is 7.00. The van der Waals surface area contributed by atoms with Crippen LogP contribution in [-0.4, -0.2) is 13.4 Å². The minimum atomic E-state index is -3.68. The molecular formula is C10H10N2O2S. The molecule has 0 saturated carbocycles. The van der Waals surface area contributed by atoms with E-state index in [0.717, 1.165) is 10.9 Å². The average Bonchev–Trinajstić information content (AvgIpc) is 2.16. The number of rotatable bonds is 1. The van der Waals surface area contributed by atoms with Gasteiger partial charge < -0.3 is 0 Å². The summed E-state index contributed by atoms with van der Waals surface area (Å²) < 4.78 is 22.7. The molecule has 0 atom stereocenters. The average molecular weight is 222 g/mol. The van der Waals surface area contributed by atoms with Gasteiger partial charge in [-0.15, -0.1) is 0 Å². The molecule has 0 bridgehead atoms. The predicted octanol–water partition coefficient (Wildman–Crippen LogP) is 1.19. The van der Waals surface area contributed by atoms with Gasteiger partial charge in [-0.2, -0.15) is 0 Å². The van der Waals surface area contributed by atoms with E-state index < -0.39 is 10.0 Å². The van der Waals surface area contributed by atoms with E-state index in [2.05, 4.69) is 4.98 Å². The summed E-state index contributed by atoms with van der Waals surface area (Å²) in [7, 11) is -3.68. The van der Waals surface area contributed by atoms with Crippen LogP contribution in [0.25, 0.3) is 10.8 Å². The van der Waals surface area contributed by atoms with Crippen molar-refractivity contribution in [3.63, 3.8) is 0 Å². The third-order valence-corrected chi connectivity index (χ3v) is 3.19. The lowest BCUT2D eigenvalue weighted by atomic mass is 10.1. The van der Waals surface area contributed by atoms with E-state index in [1.807, 2.05) is 13.0 Å². The monoisotopic (exact) mass is 222 g/mol. The SMILES string of the molecule is Cc1cncc2cccc(S(N)(=O)=O)c12. The van der Waals surface area contributed by atoms with Gasteiger partial charge in [0.05, 0.1) is 4.90 Å². The van der Waals surface area contributed by atoms with Gasteiger partial charge in [-0.3, -0.25) is 4.98 Å². The second-order valence-electron chi connectivity index (χ2n) is 3.36. The van der Waals surface area contributed by atoms with Crippen LogP contribution >= 0.6 is 0 Å². The molecule has 0 amide bonds. The van der Waals surface area contributed by atoms with Gasteiger partial charge in [0.1, 0.15) is 0 Å². The highest BCUT2D eigenvalue weighted by Gasteiger charge is 2.13. The van der Waals surface area contributed by atoms with Crippen LogP contribution in [0.3, 0.4) is 0 Å². The third kappa shape index (κ3) is 1.71. The molecule has 0 aliphatic carbocycles. The van der Waals surface area contributed by atoms with Crippen LogP contribution in [0.2, 0.25) is 0 Å². The van der Waals surface area contributed by atoms with Gasteiger partial charge in [0.25, 0.3) is 0 Å².